The molecule has 0 atom stereocenters. The molecule has 0 unspecified atom stereocenters. The Morgan fingerprint density at radius 1 is 0.933 bits per heavy atom. The average Bonchev–Trinajstić information content (AvgIpc) is 2.23. The maximum atomic E-state index is 9.44. The molecule has 1 rings (SSSR count). The Balaban J connectivity index is 0.000000288. The zero-order valence-electron chi connectivity index (χ0n) is 9.41. The molecule has 3 nitrogen and oxygen atoms in total. The molecular weight excluding hydrogens is 192 g/mol. The SMILES string of the molecule is CC1CCCCCCC1.O=CC(=O)C=O. The van der Waals surface area contributed by atoms with Crippen molar-refractivity contribution in [1.82, 2.24) is 0 Å². The van der Waals surface area contributed by atoms with Gasteiger partial charge in [0, 0.05) is 0 Å². The summed E-state index contributed by atoms with van der Waals surface area (Å²) in [5, 5.41) is 0. The van der Waals surface area contributed by atoms with Crippen molar-refractivity contribution in [1.29, 1.82) is 0 Å². The zero-order valence-corrected chi connectivity index (χ0v) is 9.41. The van der Waals surface area contributed by atoms with Crippen molar-refractivity contribution >= 4 is 18.4 Å². The third kappa shape index (κ3) is 9.32. The first-order valence-electron chi connectivity index (χ1n) is 5.65. The molecule has 0 bridgehead atoms. The minimum Gasteiger partial charge on any atom is -0.294 e. The average molecular weight is 212 g/mol. The van der Waals surface area contributed by atoms with Gasteiger partial charge in [0.05, 0.1) is 0 Å². The van der Waals surface area contributed by atoms with Gasteiger partial charge in [0.25, 0.3) is 5.78 Å². The summed E-state index contributed by atoms with van der Waals surface area (Å²) in [5.74, 6) is 0.000278. The third-order valence-electron chi connectivity index (χ3n) is 2.63. The van der Waals surface area contributed by atoms with Crippen molar-refractivity contribution in [2.45, 2.75) is 51.9 Å². The molecule has 0 aromatic heterocycles. The van der Waals surface area contributed by atoms with Gasteiger partial charge in [-0.3, -0.25) is 14.4 Å². The third-order valence-corrected chi connectivity index (χ3v) is 2.63. The Hall–Kier alpha value is -0.990. The van der Waals surface area contributed by atoms with Crippen molar-refractivity contribution < 1.29 is 14.4 Å². The molecule has 86 valence electrons. The van der Waals surface area contributed by atoms with Crippen molar-refractivity contribution in [3.8, 4) is 0 Å². The van der Waals surface area contributed by atoms with Crippen LogP contribution in [0.4, 0.5) is 0 Å². The Kier molecular flexibility index (Phi) is 8.93. The maximum Gasteiger partial charge on any atom is 0.257 e. The van der Waals surface area contributed by atoms with E-state index >= 15 is 0 Å². The van der Waals surface area contributed by atoms with E-state index in [1.54, 1.807) is 0 Å². The quantitative estimate of drug-likeness (QED) is 0.401. The van der Waals surface area contributed by atoms with Crippen LogP contribution in [0.25, 0.3) is 0 Å². The Morgan fingerprint density at radius 3 is 1.67 bits per heavy atom. The van der Waals surface area contributed by atoms with Gasteiger partial charge in [0.1, 0.15) is 0 Å². The predicted octanol–water partition coefficient (Wildman–Crippen LogP) is 2.32. The minimum absolute atomic E-state index is 0.0347. The van der Waals surface area contributed by atoms with Crippen LogP contribution in [-0.2, 0) is 14.4 Å². The highest BCUT2D eigenvalue weighted by molar-refractivity contribution is 6.50. The van der Waals surface area contributed by atoms with E-state index in [4.69, 9.17) is 9.59 Å². The van der Waals surface area contributed by atoms with Gasteiger partial charge in [-0.05, 0) is 5.92 Å². The molecule has 3 heteroatoms. The van der Waals surface area contributed by atoms with E-state index in [2.05, 4.69) is 6.92 Å². The van der Waals surface area contributed by atoms with Gasteiger partial charge in [-0.2, -0.15) is 0 Å². The normalized spacial score (nSPS) is 17.7. The second-order valence-electron chi connectivity index (χ2n) is 4.09. The molecule has 0 saturated heterocycles. The van der Waals surface area contributed by atoms with Crippen LogP contribution in [0, 0.1) is 5.92 Å². The van der Waals surface area contributed by atoms with Crippen LogP contribution in [0.1, 0.15) is 51.9 Å². The fraction of sp³-hybridized carbons (Fsp3) is 0.750. The van der Waals surface area contributed by atoms with Gasteiger partial charge in [0.15, 0.2) is 12.6 Å². The van der Waals surface area contributed by atoms with Crippen LogP contribution in [-0.4, -0.2) is 18.4 Å². The lowest BCUT2D eigenvalue weighted by Gasteiger charge is -2.13. The molecule has 0 aliphatic heterocycles. The van der Waals surface area contributed by atoms with E-state index in [0.717, 1.165) is 5.92 Å². The van der Waals surface area contributed by atoms with Crippen molar-refractivity contribution in [3.05, 3.63) is 0 Å². The van der Waals surface area contributed by atoms with Gasteiger partial charge in [-0.25, -0.2) is 0 Å². The van der Waals surface area contributed by atoms with Gasteiger partial charge >= 0.3 is 0 Å². The fourth-order valence-corrected chi connectivity index (χ4v) is 1.69. The highest BCUT2D eigenvalue weighted by atomic mass is 16.2. The Labute approximate surface area is 91.2 Å². The standard InChI is InChI=1S/C9H18.C3H2O3/c1-9-7-5-3-2-4-6-8-9;4-1-3(6)2-5/h9H,2-8H2,1H3;1-2H. The van der Waals surface area contributed by atoms with Crippen LogP contribution < -0.4 is 0 Å². The van der Waals surface area contributed by atoms with Crippen LogP contribution in [0.2, 0.25) is 0 Å². The molecule has 1 fully saturated rings. The monoisotopic (exact) mass is 212 g/mol. The maximum absolute atomic E-state index is 9.44. The van der Waals surface area contributed by atoms with E-state index in [9.17, 15) is 4.79 Å². The summed E-state index contributed by atoms with van der Waals surface area (Å²) in [6.45, 7) is 2.39. The second kappa shape index (κ2) is 9.56. The molecule has 0 amide bonds. The fourth-order valence-electron chi connectivity index (χ4n) is 1.69. The lowest BCUT2D eigenvalue weighted by atomic mass is 9.93. The molecule has 15 heavy (non-hydrogen) atoms. The Bertz CT molecular complexity index is 181. The molecule has 1 aliphatic carbocycles. The van der Waals surface area contributed by atoms with Crippen LogP contribution in [0.5, 0.6) is 0 Å². The number of aldehydes is 2. The number of rotatable bonds is 2. The molecular formula is C12H20O3. The second-order valence-corrected chi connectivity index (χ2v) is 4.09. The molecule has 1 aliphatic rings. The van der Waals surface area contributed by atoms with Gasteiger partial charge in [-0.1, -0.05) is 51.9 Å². The lowest BCUT2D eigenvalue weighted by Crippen LogP contribution is -1.97. The van der Waals surface area contributed by atoms with E-state index < -0.39 is 5.78 Å². The number of carbonyl (C=O) groups excluding carboxylic acids is 3. The number of hydrogen-bond acceptors (Lipinski definition) is 3. The van der Waals surface area contributed by atoms with Gasteiger partial charge < -0.3 is 0 Å². The van der Waals surface area contributed by atoms with E-state index in [1.165, 1.54) is 44.9 Å². The van der Waals surface area contributed by atoms with Crippen LogP contribution in [0.3, 0.4) is 0 Å². The topological polar surface area (TPSA) is 51.2 Å². The van der Waals surface area contributed by atoms with E-state index in [0.29, 0.717) is 0 Å². The number of ketones is 1. The number of carbonyl (C=O) groups is 3. The van der Waals surface area contributed by atoms with Crippen molar-refractivity contribution in [2.75, 3.05) is 0 Å². The summed E-state index contributed by atoms with van der Waals surface area (Å²) in [4.78, 5) is 27.8. The summed E-state index contributed by atoms with van der Waals surface area (Å²) in [5.41, 5.74) is 0. The first-order chi connectivity index (χ1) is 7.20. The first-order valence-corrected chi connectivity index (χ1v) is 5.65. The van der Waals surface area contributed by atoms with Gasteiger partial charge in [-0.15, -0.1) is 0 Å². The number of Topliss-reactive ketones (excluding diaryl/α,β-unsaturated/α-hetero) is 1. The summed E-state index contributed by atoms with van der Waals surface area (Å²) in [7, 11) is 0. The smallest absolute Gasteiger partial charge is 0.257 e. The first kappa shape index (κ1) is 14.0. The van der Waals surface area contributed by atoms with Crippen LogP contribution >= 0.6 is 0 Å². The summed E-state index contributed by atoms with van der Waals surface area (Å²) in [6, 6.07) is 0. The molecule has 0 N–H and O–H groups in total. The van der Waals surface area contributed by atoms with Crippen molar-refractivity contribution in [2.24, 2.45) is 5.92 Å². The molecule has 1 saturated carbocycles. The molecule has 0 heterocycles. The zero-order chi connectivity index (χ0) is 11.5. The van der Waals surface area contributed by atoms with E-state index in [-0.39, 0.29) is 12.6 Å². The molecule has 0 radical (unpaired) electrons. The lowest BCUT2D eigenvalue weighted by molar-refractivity contribution is -0.135. The predicted molar refractivity (Wildman–Crippen MR) is 58.6 cm³/mol. The summed E-state index contributed by atoms with van der Waals surface area (Å²) in [6.07, 6.45) is 10.4. The molecule has 0 spiro atoms. The number of hydrogen-bond donors (Lipinski definition) is 0. The van der Waals surface area contributed by atoms with Crippen molar-refractivity contribution in [3.63, 3.8) is 0 Å². The highest BCUT2D eigenvalue weighted by Gasteiger charge is 2.04. The van der Waals surface area contributed by atoms with Gasteiger partial charge in [0.2, 0.25) is 0 Å². The molecule has 0 aromatic rings. The Morgan fingerprint density at radius 2 is 1.33 bits per heavy atom. The largest absolute Gasteiger partial charge is 0.294 e. The summed E-state index contributed by atoms with van der Waals surface area (Å²) >= 11 is 0. The summed E-state index contributed by atoms with van der Waals surface area (Å²) < 4.78 is 0. The minimum atomic E-state index is -1.02. The highest BCUT2D eigenvalue weighted by Crippen LogP contribution is 2.20. The van der Waals surface area contributed by atoms with Crippen LogP contribution in [0.15, 0.2) is 0 Å². The molecule has 0 aromatic carbocycles. The van der Waals surface area contributed by atoms with E-state index in [1.807, 2.05) is 0 Å².